The van der Waals surface area contributed by atoms with Gasteiger partial charge >= 0.3 is 0 Å². The molecule has 9 rings (SSSR count). The van der Waals surface area contributed by atoms with E-state index in [4.69, 9.17) is 19.8 Å². The molecule has 0 fully saturated rings. The molecule has 6 aromatic carbocycles. The van der Waals surface area contributed by atoms with Crippen molar-refractivity contribution in [3.8, 4) is 22.3 Å². The summed E-state index contributed by atoms with van der Waals surface area (Å²) in [4.78, 5) is 3.59. The Balaban J connectivity index is 1.21. The zero-order valence-corrected chi connectivity index (χ0v) is 21.6. The highest BCUT2D eigenvalue weighted by atomic mass is 16.3. The molecule has 0 N–H and O–H groups in total. The number of benzene rings is 6. The van der Waals surface area contributed by atoms with E-state index in [1.54, 1.807) is 6.07 Å². The summed E-state index contributed by atoms with van der Waals surface area (Å²) in [5.41, 5.74) is 10.0. The lowest BCUT2D eigenvalue weighted by Gasteiger charge is -2.03. The minimum Gasteiger partial charge on any atom is -0.456 e. The highest BCUT2D eigenvalue weighted by molar-refractivity contribution is 6.13. The number of rotatable bonds is 2. The van der Waals surface area contributed by atoms with Crippen molar-refractivity contribution in [3.63, 3.8) is 0 Å². The monoisotopic (exact) mass is 525 g/mol. The van der Waals surface area contributed by atoms with Gasteiger partial charge < -0.3 is 13.3 Å². The van der Waals surface area contributed by atoms with Crippen LogP contribution in [0.1, 0.15) is 0 Å². The second-order valence-corrected chi connectivity index (χ2v) is 10.4. The number of hydrogen-bond donors (Lipinski definition) is 0. The highest BCUT2D eigenvalue weighted by Gasteiger charge is 2.16. The molecule has 3 aromatic heterocycles. The fourth-order valence-electron chi connectivity index (χ4n) is 6.11. The molecule has 0 amide bonds. The van der Waals surface area contributed by atoms with Gasteiger partial charge in [0.25, 0.3) is 0 Å². The summed E-state index contributed by atoms with van der Waals surface area (Å²) in [6.45, 7) is 7.40. The zero-order chi connectivity index (χ0) is 27.1. The van der Waals surface area contributed by atoms with Gasteiger partial charge in [-0.25, -0.2) is 4.85 Å². The summed E-state index contributed by atoms with van der Waals surface area (Å²) in [6.07, 6.45) is 0. The van der Waals surface area contributed by atoms with Crippen LogP contribution in [0.2, 0.25) is 0 Å². The molecule has 190 valence electrons. The highest BCUT2D eigenvalue weighted by Crippen LogP contribution is 2.40. The van der Waals surface area contributed by atoms with Crippen molar-refractivity contribution >= 4 is 71.5 Å². The predicted octanol–water partition coefficient (Wildman–Crippen LogP) is 11.3. The van der Waals surface area contributed by atoms with Gasteiger partial charge in [-0.2, -0.15) is 0 Å². The van der Waals surface area contributed by atoms with Crippen LogP contribution < -0.4 is 0 Å². The molecule has 3 heterocycles. The molecule has 0 saturated carbocycles. The Bertz CT molecular complexity index is 2550. The van der Waals surface area contributed by atoms with Gasteiger partial charge in [0.05, 0.1) is 6.57 Å². The molecule has 0 spiro atoms. The molecule has 9 aromatic rings. The lowest BCUT2D eigenvalue weighted by atomic mass is 9.98. The van der Waals surface area contributed by atoms with E-state index in [1.807, 2.05) is 42.5 Å². The fourth-order valence-corrected chi connectivity index (χ4v) is 6.11. The smallest absolute Gasteiger partial charge is 0.188 e. The molecule has 4 nitrogen and oxygen atoms in total. The molecule has 0 unspecified atom stereocenters. The molecule has 0 aliphatic rings. The molecule has 0 atom stereocenters. The van der Waals surface area contributed by atoms with Gasteiger partial charge in [-0.15, -0.1) is 0 Å². The second-order valence-electron chi connectivity index (χ2n) is 10.4. The Hall–Kier alpha value is -5.79. The standard InChI is InChI=1S/C37H19NO3/c1-38-24-12-16-35-31(20-24)30-18-22(9-13-34(30)40-35)21-10-14-36-29(17-21)27-7-4-6-25(37(27)41-36)23-11-15-33-28(19-23)26-5-2-3-8-32(26)39-33/h2-20H. The van der Waals surface area contributed by atoms with Crippen LogP contribution in [0.3, 0.4) is 0 Å². The van der Waals surface area contributed by atoms with Crippen LogP contribution in [0.4, 0.5) is 5.69 Å². The van der Waals surface area contributed by atoms with Crippen molar-refractivity contribution < 1.29 is 13.3 Å². The first-order valence-electron chi connectivity index (χ1n) is 13.4. The lowest BCUT2D eigenvalue weighted by Crippen LogP contribution is -1.79. The van der Waals surface area contributed by atoms with E-state index in [9.17, 15) is 0 Å². The number of para-hydroxylation sites is 2. The first kappa shape index (κ1) is 22.1. The van der Waals surface area contributed by atoms with Crippen LogP contribution in [0.5, 0.6) is 0 Å². The lowest BCUT2D eigenvalue weighted by molar-refractivity contribution is 0.668. The van der Waals surface area contributed by atoms with Crippen molar-refractivity contribution in [2.75, 3.05) is 0 Å². The average Bonchev–Trinajstić information content (AvgIpc) is 3.70. The van der Waals surface area contributed by atoms with Crippen molar-refractivity contribution in [1.29, 1.82) is 0 Å². The van der Waals surface area contributed by atoms with Crippen LogP contribution in [0, 0.1) is 6.57 Å². The summed E-state index contributed by atoms with van der Waals surface area (Å²) in [5.74, 6) is 0. The van der Waals surface area contributed by atoms with Gasteiger partial charge in [0.1, 0.15) is 33.5 Å². The normalized spacial score (nSPS) is 11.9. The summed E-state index contributed by atoms with van der Waals surface area (Å²) >= 11 is 0. The predicted molar refractivity (Wildman–Crippen MR) is 165 cm³/mol. The van der Waals surface area contributed by atoms with E-state index in [0.717, 1.165) is 88.1 Å². The summed E-state index contributed by atoms with van der Waals surface area (Å²) < 4.78 is 18.6. The minimum absolute atomic E-state index is 0.604. The average molecular weight is 526 g/mol. The number of nitrogens with zero attached hydrogens (tertiary/aromatic N) is 1. The van der Waals surface area contributed by atoms with Gasteiger partial charge in [0.2, 0.25) is 0 Å². The first-order chi connectivity index (χ1) is 20.2. The quantitative estimate of drug-likeness (QED) is 0.211. The Morgan fingerprint density at radius 3 is 1.71 bits per heavy atom. The fraction of sp³-hybridized carbons (Fsp3) is 0. The first-order valence-corrected chi connectivity index (χ1v) is 13.4. The molecule has 0 bridgehead atoms. The summed E-state index contributed by atoms with van der Waals surface area (Å²) in [6, 6.07) is 39.0. The number of hydrogen-bond acceptors (Lipinski definition) is 3. The van der Waals surface area contributed by atoms with Gasteiger partial charge in [-0.1, -0.05) is 60.7 Å². The molecule has 0 aliphatic carbocycles. The third-order valence-electron chi connectivity index (χ3n) is 8.10. The van der Waals surface area contributed by atoms with Crippen LogP contribution >= 0.6 is 0 Å². The maximum atomic E-state index is 7.40. The Kier molecular flexibility index (Phi) is 4.37. The SMILES string of the molecule is [C-]#[N+]c1ccc2oc3ccc(-c4ccc5oc6c(-c7ccc8oc9ccccc9c8c7)cccc6c5c4)cc3c2c1. The third-order valence-corrected chi connectivity index (χ3v) is 8.10. The summed E-state index contributed by atoms with van der Waals surface area (Å²) in [5, 5.41) is 6.31. The molecule has 0 aliphatic heterocycles. The molecule has 0 radical (unpaired) electrons. The van der Waals surface area contributed by atoms with Crippen LogP contribution in [0.25, 0.3) is 92.9 Å². The Labute approximate surface area is 233 Å². The van der Waals surface area contributed by atoms with Gasteiger partial charge in [-0.05, 0) is 71.3 Å². The molecule has 4 heteroatoms. The zero-order valence-electron chi connectivity index (χ0n) is 21.6. The molecule has 0 saturated heterocycles. The number of fused-ring (bicyclic) bond motifs is 9. The summed E-state index contributed by atoms with van der Waals surface area (Å²) in [7, 11) is 0. The topological polar surface area (TPSA) is 43.8 Å². The van der Waals surface area contributed by atoms with Gasteiger partial charge in [0, 0.05) is 37.9 Å². The van der Waals surface area contributed by atoms with Crippen LogP contribution in [-0.2, 0) is 0 Å². The van der Waals surface area contributed by atoms with Crippen molar-refractivity contribution in [3.05, 3.63) is 127 Å². The van der Waals surface area contributed by atoms with E-state index in [2.05, 4.69) is 71.6 Å². The van der Waals surface area contributed by atoms with E-state index in [1.165, 1.54) is 0 Å². The van der Waals surface area contributed by atoms with Gasteiger partial charge in [0.15, 0.2) is 5.69 Å². The van der Waals surface area contributed by atoms with Crippen molar-refractivity contribution in [1.82, 2.24) is 0 Å². The molecule has 41 heavy (non-hydrogen) atoms. The van der Waals surface area contributed by atoms with Crippen LogP contribution in [-0.4, -0.2) is 0 Å². The van der Waals surface area contributed by atoms with E-state index < -0.39 is 0 Å². The minimum atomic E-state index is 0.604. The number of furan rings is 3. The van der Waals surface area contributed by atoms with Crippen molar-refractivity contribution in [2.24, 2.45) is 0 Å². The van der Waals surface area contributed by atoms with E-state index in [0.29, 0.717) is 5.69 Å². The van der Waals surface area contributed by atoms with Crippen molar-refractivity contribution in [2.45, 2.75) is 0 Å². The largest absolute Gasteiger partial charge is 0.456 e. The Morgan fingerprint density at radius 2 is 0.951 bits per heavy atom. The maximum absolute atomic E-state index is 7.40. The van der Waals surface area contributed by atoms with E-state index >= 15 is 0 Å². The van der Waals surface area contributed by atoms with Crippen LogP contribution in [0.15, 0.2) is 129 Å². The van der Waals surface area contributed by atoms with Gasteiger partial charge in [-0.3, -0.25) is 0 Å². The molecular weight excluding hydrogens is 506 g/mol. The van der Waals surface area contributed by atoms with E-state index in [-0.39, 0.29) is 0 Å². The second kappa shape index (κ2) is 8.11. The molecular formula is C37H19NO3. The Morgan fingerprint density at radius 1 is 0.415 bits per heavy atom. The maximum Gasteiger partial charge on any atom is 0.188 e. The third kappa shape index (κ3) is 3.21.